The third kappa shape index (κ3) is 4.38. The maximum Gasteiger partial charge on any atom is 0.305 e. The number of hydrogen-bond acceptors (Lipinski definition) is 4. The molecule has 1 saturated heterocycles. The molecule has 1 fully saturated rings. The molecule has 0 radical (unpaired) electrons. The molecule has 1 aromatic rings. The van der Waals surface area contributed by atoms with Crippen molar-refractivity contribution in [3.63, 3.8) is 0 Å². The molecule has 2 rings (SSSR count). The molecule has 8 heteroatoms. The SMILES string of the molecule is CCS(=O)(=O)N1CCC(C(=O)NCCC(=O)O)(c2ccccc2)CC1. The fourth-order valence-electron chi connectivity index (χ4n) is 3.18. The van der Waals surface area contributed by atoms with Crippen LogP contribution < -0.4 is 5.32 Å². The lowest BCUT2D eigenvalue weighted by atomic mass is 9.72. The van der Waals surface area contributed by atoms with Gasteiger partial charge in [0, 0.05) is 19.6 Å². The zero-order valence-electron chi connectivity index (χ0n) is 14.3. The number of rotatable bonds is 7. The molecule has 0 spiro atoms. The van der Waals surface area contributed by atoms with E-state index in [4.69, 9.17) is 5.11 Å². The van der Waals surface area contributed by atoms with Crippen molar-refractivity contribution in [2.45, 2.75) is 31.6 Å². The number of carbonyl (C=O) groups excluding carboxylic acids is 1. The van der Waals surface area contributed by atoms with Crippen LogP contribution in [0.2, 0.25) is 0 Å². The summed E-state index contributed by atoms with van der Waals surface area (Å²) in [5.41, 5.74) is -0.00383. The van der Waals surface area contributed by atoms with Crippen LogP contribution in [0.5, 0.6) is 0 Å². The Balaban J connectivity index is 2.21. The summed E-state index contributed by atoms with van der Waals surface area (Å²) in [4.78, 5) is 23.5. The van der Waals surface area contributed by atoms with Crippen LogP contribution in [0.25, 0.3) is 0 Å². The van der Waals surface area contributed by atoms with Gasteiger partial charge in [0.15, 0.2) is 0 Å². The number of piperidine rings is 1. The number of carboxylic acid groups (broad SMARTS) is 1. The summed E-state index contributed by atoms with van der Waals surface area (Å²) in [5, 5.41) is 11.4. The van der Waals surface area contributed by atoms with E-state index in [2.05, 4.69) is 5.32 Å². The summed E-state index contributed by atoms with van der Waals surface area (Å²) in [6.45, 7) is 2.21. The van der Waals surface area contributed by atoms with E-state index in [1.165, 1.54) is 4.31 Å². The minimum Gasteiger partial charge on any atom is -0.481 e. The molecule has 138 valence electrons. The maximum absolute atomic E-state index is 12.9. The first-order valence-corrected chi connectivity index (χ1v) is 9.96. The van der Waals surface area contributed by atoms with E-state index in [9.17, 15) is 18.0 Å². The Labute approximate surface area is 148 Å². The summed E-state index contributed by atoms with van der Waals surface area (Å²) < 4.78 is 25.6. The third-order valence-corrected chi connectivity index (χ3v) is 6.60. The highest BCUT2D eigenvalue weighted by Crippen LogP contribution is 2.36. The van der Waals surface area contributed by atoms with Crippen LogP contribution in [-0.4, -0.2) is 55.1 Å². The van der Waals surface area contributed by atoms with Gasteiger partial charge in [0.1, 0.15) is 0 Å². The van der Waals surface area contributed by atoms with Crippen molar-refractivity contribution in [2.24, 2.45) is 0 Å². The minimum atomic E-state index is -3.28. The Morgan fingerprint density at radius 3 is 2.32 bits per heavy atom. The molecule has 0 atom stereocenters. The topological polar surface area (TPSA) is 104 Å². The van der Waals surface area contributed by atoms with Gasteiger partial charge in [-0.25, -0.2) is 12.7 Å². The monoisotopic (exact) mass is 368 g/mol. The molecule has 1 heterocycles. The van der Waals surface area contributed by atoms with Crippen LogP contribution in [0.4, 0.5) is 0 Å². The largest absolute Gasteiger partial charge is 0.481 e. The van der Waals surface area contributed by atoms with Crippen molar-refractivity contribution >= 4 is 21.9 Å². The van der Waals surface area contributed by atoms with Crippen LogP contribution in [0, 0.1) is 0 Å². The molecule has 7 nitrogen and oxygen atoms in total. The van der Waals surface area contributed by atoms with E-state index in [-0.39, 0.29) is 37.7 Å². The van der Waals surface area contributed by atoms with Crippen molar-refractivity contribution in [3.05, 3.63) is 35.9 Å². The highest BCUT2D eigenvalue weighted by Gasteiger charge is 2.44. The van der Waals surface area contributed by atoms with Gasteiger partial charge in [-0.1, -0.05) is 30.3 Å². The summed E-state index contributed by atoms with van der Waals surface area (Å²) in [7, 11) is -3.28. The molecule has 2 N–H and O–H groups in total. The molecule has 0 bridgehead atoms. The standard InChI is InChI=1S/C17H24N2O5S/c1-2-25(23,24)19-12-9-17(10-13-19,14-6-4-3-5-7-14)16(22)18-11-8-15(20)21/h3-7H,2,8-13H2,1H3,(H,18,22)(H,20,21). The fourth-order valence-corrected chi connectivity index (χ4v) is 4.29. The second-order valence-corrected chi connectivity index (χ2v) is 8.40. The minimum absolute atomic E-state index is 0.0378. The first-order valence-electron chi connectivity index (χ1n) is 8.35. The number of nitrogens with zero attached hydrogens (tertiary/aromatic N) is 1. The van der Waals surface area contributed by atoms with E-state index in [1.54, 1.807) is 6.92 Å². The average Bonchev–Trinajstić information content (AvgIpc) is 2.62. The summed E-state index contributed by atoms with van der Waals surface area (Å²) >= 11 is 0. The molecule has 1 aromatic carbocycles. The number of aliphatic carboxylic acids is 1. The normalized spacial score (nSPS) is 17.8. The Morgan fingerprint density at radius 1 is 1.20 bits per heavy atom. The van der Waals surface area contributed by atoms with Gasteiger partial charge in [-0.05, 0) is 25.3 Å². The second-order valence-electron chi connectivity index (χ2n) is 6.15. The number of amides is 1. The molecule has 25 heavy (non-hydrogen) atoms. The van der Waals surface area contributed by atoms with Crippen LogP contribution in [0.15, 0.2) is 30.3 Å². The zero-order valence-corrected chi connectivity index (χ0v) is 15.1. The molecule has 0 saturated carbocycles. The van der Waals surface area contributed by atoms with Gasteiger partial charge in [-0.2, -0.15) is 0 Å². The Bertz CT molecular complexity index is 710. The van der Waals surface area contributed by atoms with Crippen LogP contribution in [0.3, 0.4) is 0 Å². The van der Waals surface area contributed by atoms with Crippen molar-refractivity contribution in [2.75, 3.05) is 25.4 Å². The van der Waals surface area contributed by atoms with Crippen molar-refractivity contribution in [1.29, 1.82) is 0 Å². The number of carbonyl (C=O) groups is 2. The fraction of sp³-hybridized carbons (Fsp3) is 0.529. The molecule has 1 aliphatic rings. The highest BCUT2D eigenvalue weighted by atomic mass is 32.2. The predicted octanol–water partition coefficient (Wildman–Crippen LogP) is 0.961. The predicted molar refractivity (Wildman–Crippen MR) is 93.7 cm³/mol. The lowest BCUT2D eigenvalue weighted by molar-refractivity contribution is -0.137. The first kappa shape index (κ1) is 19.4. The number of nitrogens with one attached hydrogen (secondary N) is 1. The summed E-state index contributed by atoms with van der Waals surface area (Å²) in [5.74, 6) is -1.18. The van der Waals surface area contributed by atoms with Crippen molar-refractivity contribution in [1.82, 2.24) is 9.62 Å². The lowest BCUT2D eigenvalue weighted by Gasteiger charge is -2.40. The van der Waals surface area contributed by atoms with Gasteiger partial charge in [0.2, 0.25) is 15.9 Å². The van der Waals surface area contributed by atoms with Gasteiger partial charge in [-0.3, -0.25) is 9.59 Å². The van der Waals surface area contributed by atoms with Gasteiger partial charge in [-0.15, -0.1) is 0 Å². The smallest absolute Gasteiger partial charge is 0.305 e. The first-order chi connectivity index (χ1) is 11.8. The van der Waals surface area contributed by atoms with Gasteiger partial charge >= 0.3 is 5.97 Å². The molecular formula is C17H24N2O5S. The highest BCUT2D eigenvalue weighted by molar-refractivity contribution is 7.89. The zero-order chi connectivity index (χ0) is 18.5. The third-order valence-electron chi connectivity index (χ3n) is 4.72. The molecule has 1 aliphatic heterocycles. The molecule has 0 aliphatic carbocycles. The van der Waals surface area contributed by atoms with Crippen molar-refractivity contribution in [3.8, 4) is 0 Å². The van der Waals surface area contributed by atoms with Gasteiger partial charge in [0.05, 0.1) is 17.6 Å². The Hall–Kier alpha value is -1.93. The van der Waals surface area contributed by atoms with Crippen LogP contribution >= 0.6 is 0 Å². The van der Waals surface area contributed by atoms with E-state index < -0.39 is 21.4 Å². The molecule has 1 amide bonds. The average molecular weight is 368 g/mol. The van der Waals surface area contributed by atoms with Crippen LogP contribution in [-0.2, 0) is 25.0 Å². The second kappa shape index (κ2) is 7.97. The van der Waals surface area contributed by atoms with E-state index in [0.717, 1.165) is 5.56 Å². The molecule has 0 aromatic heterocycles. The van der Waals surface area contributed by atoms with E-state index in [1.807, 2.05) is 30.3 Å². The summed E-state index contributed by atoms with van der Waals surface area (Å²) in [6.07, 6.45) is 0.594. The number of benzene rings is 1. The Kier molecular flexibility index (Phi) is 6.18. The number of sulfonamides is 1. The maximum atomic E-state index is 12.9. The molecular weight excluding hydrogens is 344 g/mol. The van der Waals surface area contributed by atoms with E-state index >= 15 is 0 Å². The quantitative estimate of drug-likeness (QED) is 0.746. The van der Waals surface area contributed by atoms with Crippen LogP contribution in [0.1, 0.15) is 31.7 Å². The van der Waals surface area contributed by atoms with E-state index in [0.29, 0.717) is 12.8 Å². The van der Waals surface area contributed by atoms with Gasteiger partial charge < -0.3 is 10.4 Å². The number of carboxylic acids is 1. The lowest BCUT2D eigenvalue weighted by Crippen LogP contribution is -2.53. The van der Waals surface area contributed by atoms with Crippen molar-refractivity contribution < 1.29 is 23.1 Å². The Morgan fingerprint density at radius 2 is 1.80 bits per heavy atom. The summed E-state index contributed by atoms with van der Waals surface area (Å²) in [6, 6.07) is 9.27. The molecule has 0 unspecified atom stereocenters. The number of hydrogen-bond donors (Lipinski definition) is 2. The van der Waals surface area contributed by atoms with Gasteiger partial charge in [0.25, 0.3) is 0 Å².